The van der Waals surface area contributed by atoms with Gasteiger partial charge in [0.25, 0.3) is 0 Å². The van der Waals surface area contributed by atoms with E-state index in [4.69, 9.17) is 0 Å². The largest absolute Gasteiger partial charge is 0.506 e. The Bertz CT molecular complexity index is 1030. The summed E-state index contributed by atoms with van der Waals surface area (Å²) < 4.78 is 0.540. The Morgan fingerprint density at radius 3 is 2.81 bits per heavy atom. The summed E-state index contributed by atoms with van der Waals surface area (Å²) in [6.07, 6.45) is 3.87. The number of aryl methyl sites for hydroxylation is 1. The normalized spacial score (nSPS) is 11.2. The molecule has 8 heteroatoms. The van der Waals surface area contributed by atoms with Gasteiger partial charge in [-0.2, -0.15) is 5.10 Å². The lowest BCUT2D eigenvalue weighted by Gasteiger charge is -2.07. The fourth-order valence-corrected chi connectivity index (χ4v) is 3.73. The van der Waals surface area contributed by atoms with Crippen molar-refractivity contribution < 1.29 is 15.0 Å². The second kappa shape index (κ2) is 8.49. The number of phenols is 2. The summed E-state index contributed by atoms with van der Waals surface area (Å²) >= 11 is 6.27. The molecule has 3 N–H and O–H groups in total. The lowest BCUT2D eigenvalue weighted by Crippen LogP contribution is -2.18. The van der Waals surface area contributed by atoms with E-state index in [0.29, 0.717) is 16.5 Å². The van der Waals surface area contributed by atoms with Crippen LogP contribution >= 0.6 is 31.9 Å². The summed E-state index contributed by atoms with van der Waals surface area (Å²) in [5, 5.41) is 24.6. The molecule has 0 aliphatic rings. The minimum absolute atomic E-state index is 0.113. The van der Waals surface area contributed by atoms with Crippen LogP contribution in [-0.4, -0.2) is 27.3 Å². The van der Waals surface area contributed by atoms with E-state index in [-0.39, 0.29) is 28.3 Å². The van der Waals surface area contributed by atoms with Gasteiger partial charge in [-0.25, -0.2) is 5.43 Å². The summed E-state index contributed by atoms with van der Waals surface area (Å²) in [5.74, 6) is -0.529. The number of aromatic hydroxyl groups is 2. The van der Waals surface area contributed by atoms with E-state index < -0.39 is 0 Å². The van der Waals surface area contributed by atoms with Gasteiger partial charge in [-0.1, -0.05) is 18.2 Å². The summed E-state index contributed by atoms with van der Waals surface area (Å²) in [5.41, 5.74) is 4.72. The number of fused-ring (bicyclic) bond motifs is 1. The molecular formula is C19H15Br2N3O3. The number of amides is 1. The highest BCUT2D eigenvalue weighted by atomic mass is 79.9. The zero-order valence-electron chi connectivity index (χ0n) is 14.0. The topological polar surface area (TPSA) is 94.8 Å². The van der Waals surface area contributed by atoms with Crippen molar-refractivity contribution in [1.29, 1.82) is 0 Å². The maximum Gasteiger partial charge on any atom is 0.240 e. The van der Waals surface area contributed by atoms with Crippen molar-refractivity contribution in [2.45, 2.75) is 12.8 Å². The molecule has 2 aromatic carbocycles. The Hall–Kier alpha value is -2.45. The number of nitrogens with zero attached hydrogens (tertiary/aromatic N) is 2. The predicted molar refractivity (Wildman–Crippen MR) is 111 cm³/mol. The zero-order valence-corrected chi connectivity index (χ0v) is 17.2. The highest BCUT2D eigenvalue weighted by molar-refractivity contribution is 9.11. The first-order valence-electron chi connectivity index (χ1n) is 8.02. The van der Waals surface area contributed by atoms with E-state index in [9.17, 15) is 15.0 Å². The Balaban J connectivity index is 1.63. The van der Waals surface area contributed by atoms with Crippen LogP contribution in [0.15, 0.2) is 56.6 Å². The predicted octanol–water partition coefficient (Wildman–Crippen LogP) is 4.25. The summed E-state index contributed by atoms with van der Waals surface area (Å²) in [6, 6.07) is 11.2. The van der Waals surface area contributed by atoms with Crippen LogP contribution in [0.1, 0.15) is 17.5 Å². The number of carbonyl (C=O) groups excluding carboxylic acids is 1. The summed E-state index contributed by atoms with van der Waals surface area (Å²) in [6.45, 7) is 0. The standard InChI is InChI=1S/C19H15Br2N3O3/c20-14-9-12(18(26)17(21)19(14)27)10-23-24-16(25)7-6-11-3-1-5-15-13(11)4-2-8-22-15/h1-5,8-10,26-27H,6-7H2,(H,24,25)/b23-10+. The van der Waals surface area contributed by atoms with E-state index in [1.807, 2.05) is 30.3 Å². The fourth-order valence-electron chi connectivity index (χ4n) is 2.58. The lowest BCUT2D eigenvalue weighted by molar-refractivity contribution is -0.121. The van der Waals surface area contributed by atoms with Gasteiger partial charge in [0.1, 0.15) is 16.0 Å². The molecule has 0 bridgehead atoms. The minimum Gasteiger partial charge on any atom is -0.506 e. The van der Waals surface area contributed by atoms with Crippen LogP contribution in [0.25, 0.3) is 10.9 Å². The fraction of sp³-hybridized carbons (Fsp3) is 0.105. The average Bonchev–Trinajstić information content (AvgIpc) is 2.68. The third-order valence-electron chi connectivity index (χ3n) is 3.95. The zero-order chi connectivity index (χ0) is 19.4. The number of aromatic nitrogens is 1. The third kappa shape index (κ3) is 4.45. The van der Waals surface area contributed by atoms with E-state index in [2.05, 4.69) is 47.4 Å². The van der Waals surface area contributed by atoms with Gasteiger partial charge < -0.3 is 10.2 Å². The van der Waals surface area contributed by atoms with Crippen molar-refractivity contribution >= 4 is 54.9 Å². The van der Waals surface area contributed by atoms with Crippen LogP contribution in [-0.2, 0) is 11.2 Å². The van der Waals surface area contributed by atoms with Crippen molar-refractivity contribution in [2.24, 2.45) is 5.10 Å². The van der Waals surface area contributed by atoms with E-state index in [1.165, 1.54) is 12.3 Å². The van der Waals surface area contributed by atoms with E-state index in [0.717, 1.165) is 16.5 Å². The highest BCUT2D eigenvalue weighted by Gasteiger charge is 2.13. The average molecular weight is 493 g/mol. The van der Waals surface area contributed by atoms with Crippen LogP contribution in [0.2, 0.25) is 0 Å². The molecule has 0 spiro atoms. The number of halogens is 2. The Labute approximate surface area is 172 Å². The van der Waals surface area contributed by atoms with Gasteiger partial charge in [-0.05, 0) is 62.0 Å². The van der Waals surface area contributed by atoms with Gasteiger partial charge in [0.05, 0.1) is 16.2 Å². The van der Waals surface area contributed by atoms with Gasteiger partial charge >= 0.3 is 0 Å². The first kappa shape index (κ1) is 19.3. The maximum absolute atomic E-state index is 12.1. The second-order valence-electron chi connectivity index (χ2n) is 5.74. The molecule has 0 unspecified atom stereocenters. The molecule has 0 saturated carbocycles. The van der Waals surface area contributed by atoms with Crippen molar-refractivity contribution in [3.05, 3.63) is 62.7 Å². The van der Waals surface area contributed by atoms with Crippen molar-refractivity contribution in [3.63, 3.8) is 0 Å². The number of pyridine rings is 1. The molecule has 1 heterocycles. The quantitative estimate of drug-likeness (QED) is 0.366. The Morgan fingerprint density at radius 2 is 2.00 bits per heavy atom. The molecule has 138 valence electrons. The molecule has 3 rings (SSSR count). The second-order valence-corrected chi connectivity index (χ2v) is 7.39. The Kier molecular flexibility index (Phi) is 6.08. The minimum atomic E-state index is -0.247. The van der Waals surface area contributed by atoms with Crippen molar-refractivity contribution in [3.8, 4) is 11.5 Å². The third-order valence-corrected chi connectivity index (χ3v) is 5.30. The molecule has 1 aromatic heterocycles. The molecular weight excluding hydrogens is 478 g/mol. The molecule has 6 nitrogen and oxygen atoms in total. The number of benzene rings is 2. The van der Waals surface area contributed by atoms with Gasteiger partial charge in [0, 0.05) is 23.6 Å². The summed E-state index contributed by atoms with van der Waals surface area (Å²) in [4.78, 5) is 16.4. The van der Waals surface area contributed by atoms with Crippen molar-refractivity contribution in [2.75, 3.05) is 0 Å². The number of carbonyl (C=O) groups is 1. The molecule has 0 aliphatic carbocycles. The number of nitrogens with one attached hydrogen (secondary N) is 1. The molecule has 0 fully saturated rings. The molecule has 1 amide bonds. The lowest BCUT2D eigenvalue weighted by atomic mass is 10.0. The number of phenolic OH excluding ortho intramolecular Hbond substituents is 2. The van der Waals surface area contributed by atoms with Crippen molar-refractivity contribution in [1.82, 2.24) is 10.4 Å². The first-order chi connectivity index (χ1) is 13.0. The van der Waals surface area contributed by atoms with Crippen LogP contribution in [0.4, 0.5) is 0 Å². The monoisotopic (exact) mass is 491 g/mol. The first-order valence-corrected chi connectivity index (χ1v) is 9.60. The van der Waals surface area contributed by atoms with Gasteiger partial charge in [-0.3, -0.25) is 9.78 Å². The molecule has 27 heavy (non-hydrogen) atoms. The van der Waals surface area contributed by atoms with Crippen LogP contribution < -0.4 is 5.43 Å². The van der Waals surface area contributed by atoms with Gasteiger partial charge in [0.2, 0.25) is 5.91 Å². The van der Waals surface area contributed by atoms with Crippen LogP contribution in [0.3, 0.4) is 0 Å². The summed E-state index contributed by atoms with van der Waals surface area (Å²) in [7, 11) is 0. The molecule has 3 aromatic rings. The SMILES string of the molecule is O=C(CCc1cccc2ncccc12)N/N=C/c1cc(Br)c(O)c(Br)c1O. The van der Waals surface area contributed by atoms with E-state index in [1.54, 1.807) is 6.20 Å². The molecule has 0 radical (unpaired) electrons. The number of rotatable bonds is 5. The Morgan fingerprint density at radius 1 is 1.19 bits per heavy atom. The van der Waals surface area contributed by atoms with Gasteiger partial charge in [0.15, 0.2) is 0 Å². The molecule has 0 saturated heterocycles. The van der Waals surface area contributed by atoms with Crippen LogP contribution in [0.5, 0.6) is 11.5 Å². The number of hydrogen-bond acceptors (Lipinski definition) is 5. The number of hydrogen-bond donors (Lipinski definition) is 3. The maximum atomic E-state index is 12.1. The van der Waals surface area contributed by atoms with E-state index >= 15 is 0 Å². The molecule has 0 atom stereocenters. The molecule has 0 aliphatic heterocycles. The number of hydrazone groups is 1. The smallest absolute Gasteiger partial charge is 0.240 e. The van der Waals surface area contributed by atoms with Gasteiger partial charge in [-0.15, -0.1) is 0 Å². The van der Waals surface area contributed by atoms with Crippen LogP contribution in [0, 0.1) is 0 Å². The highest BCUT2D eigenvalue weighted by Crippen LogP contribution is 2.40.